The fourth-order valence-electron chi connectivity index (χ4n) is 1.56. The second kappa shape index (κ2) is 6.59. The molecule has 0 amide bonds. The van der Waals surface area contributed by atoms with Gasteiger partial charge in [-0.1, -0.05) is 6.92 Å². The average Bonchev–Trinajstić information content (AvgIpc) is 2.43. The summed E-state index contributed by atoms with van der Waals surface area (Å²) in [5.41, 5.74) is -2.13. The Morgan fingerprint density at radius 3 is 1.23 bits per heavy atom. The highest BCUT2D eigenvalue weighted by atomic mass is 19.4. The van der Waals surface area contributed by atoms with E-state index in [9.17, 15) is 62.2 Å². The summed E-state index contributed by atoms with van der Waals surface area (Å²) in [5, 5.41) is 9.37. The molecule has 158 valence electrons. The summed E-state index contributed by atoms with van der Waals surface area (Å²) in [7, 11) is 0. The highest BCUT2D eigenvalue weighted by Gasteiger charge is 2.90. The van der Waals surface area contributed by atoms with Crippen LogP contribution in [0.3, 0.4) is 0 Å². The topological polar surface area (TPSA) is 20.2 Å². The first-order valence-corrected chi connectivity index (χ1v) is 6.70. The lowest BCUT2D eigenvalue weighted by atomic mass is 9.88. The standard InChI is InChI=1S/C12H13F13O/c1-3-6(2,26)4-5-7(13,14)8(15,16)9(17,18)10(19,20)11(21,22)12(23,24)25/h26H,3-5H2,1-2H3. The molecule has 0 heterocycles. The molecular weight excluding hydrogens is 407 g/mol. The molecule has 0 aromatic rings. The summed E-state index contributed by atoms with van der Waals surface area (Å²) in [6.07, 6.45) is -11.5. The van der Waals surface area contributed by atoms with E-state index in [1.807, 2.05) is 0 Å². The van der Waals surface area contributed by atoms with Gasteiger partial charge in [0.1, 0.15) is 0 Å². The van der Waals surface area contributed by atoms with Crippen molar-refractivity contribution in [3.63, 3.8) is 0 Å². The Bertz CT molecular complexity index is 492. The second-order valence-electron chi connectivity index (χ2n) is 5.85. The van der Waals surface area contributed by atoms with Crippen molar-refractivity contribution in [3.05, 3.63) is 0 Å². The van der Waals surface area contributed by atoms with E-state index in [0.29, 0.717) is 0 Å². The van der Waals surface area contributed by atoms with Crippen LogP contribution < -0.4 is 0 Å². The molecule has 1 nitrogen and oxygen atoms in total. The first-order chi connectivity index (χ1) is 11.0. The van der Waals surface area contributed by atoms with E-state index in [1.54, 1.807) is 0 Å². The van der Waals surface area contributed by atoms with Crippen molar-refractivity contribution in [1.82, 2.24) is 0 Å². The monoisotopic (exact) mass is 420 g/mol. The Hall–Kier alpha value is -0.950. The van der Waals surface area contributed by atoms with Crippen molar-refractivity contribution in [2.45, 2.75) is 74.5 Å². The van der Waals surface area contributed by atoms with Crippen molar-refractivity contribution in [2.24, 2.45) is 0 Å². The van der Waals surface area contributed by atoms with Crippen molar-refractivity contribution in [2.75, 3.05) is 0 Å². The lowest BCUT2D eigenvalue weighted by molar-refractivity contribution is -0.440. The van der Waals surface area contributed by atoms with Gasteiger partial charge in [0.2, 0.25) is 0 Å². The molecule has 0 aromatic heterocycles. The second-order valence-corrected chi connectivity index (χ2v) is 5.85. The van der Waals surface area contributed by atoms with Crippen LogP contribution in [0.15, 0.2) is 0 Å². The summed E-state index contributed by atoms with van der Waals surface area (Å²) in [4.78, 5) is 0. The minimum absolute atomic E-state index is 0.368. The van der Waals surface area contributed by atoms with Gasteiger partial charge in [-0.05, 0) is 19.8 Å². The first-order valence-electron chi connectivity index (χ1n) is 6.70. The molecule has 0 saturated carbocycles. The van der Waals surface area contributed by atoms with Crippen LogP contribution in [0.1, 0.15) is 33.1 Å². The fraction of sp³-hybridized carbons (Fsp3) is 1.00. The zero-order chi connectivity index (χ0) is 21.6. The van der Waals surface area contributed by atoms with Gasteiger partial charge in [-0.15, -0.1) is 0 Å². The number of halogens is 13. The van der Waals surface area contributed by atoms with E-state index in [-0.39, 0.29) is 6.42 Å². The fourth-order valence-corrected chi connectivity index (χ4v) is 1.56. The zero-order valence-electron chi connectivity index (χ0n) is 13.0. The molecule has 0 aliphatic rings. The van der Waals surface area contributed by atoms with Crippen LogP contribution in [0.5, 0.6) is 0 Å². The Morgan fingerprint density at radius 1 is 0.577 bits per heavy atom. The predicted molar refractivity (Wildman–Crippen MR) is 60.9 cm³/mol. The Balaban J connectivity index is 6.01. The molecule has 1 unspecified atom stereocenters. The van der Waals surface area contributed by atoms with Crippen LogP contribution in [0, 0.1) is 0 Å². The van der Waals surface area contributed by atoms with Gasteiger partial charge in [0.25, 0.3) is 0 Å². The third-order valence-electron chi connectivity index (χ3n) is 3.74. The van der Waals surface area contributed by atoms with Crippen molar-refractivity contribution >= 4 is 0 Å². The van der Waals surface area contributed by atoms with E-state index in [1.165, 1.54) is 0 Å². The number of hydrogen-bond acceptors (Lipinski definition) is 1. The summed E-state index contributed by atoms with van der Waals surface area (Å²) >= 11 is 0. The maximum absolute atomic E-state index is 13.4. The average molecular weight is 420 g/mol. The molecule has 0 aliphatic carbocycles. The molecule has 0 radical (unpaired) electrons. The van der Waals surface area contributed by atoms with E-state index in [0.717, 1.165) is 13.8 Å². The first kappa shape index (κ1) is 25.1. The summed E-state index contributed by atoms with van der Waals surface area (Å²) in [6.45, 7) is 1.95. The van der Waals surface area contributed by atoms with Crippen LogP contribution in [0.25, 0.3) is 0 Å². The molecule has 0 aliphatic heterocycles. The lowest BCUT2D eigenvalue weighted by Gasteiger charge is -2.40. The smallest absolute Gasteiger partial charge is 0.390 e. The number of hydrogen-bond donors (Lipinski definition) is 1. The molecule has 26 heavy (non-hydrogen) atoms. The van der Waals surface area contributed by atoms with Gasteiger partial charge in [0.05, 0.1) is 5.60 Å². The molecule has 14 heteroatoms. The minimum atomic E-state index is -7.89. The largest absolute Gasteiger partial charge is 0.460 e. The van der Waals surface area contributed by atoms with Gasteiger partial charge in [0.15, 0.2) is 0 Å². The van der Waals surface area contributed by atoms with Crippen LogP contribution in [0.2, 0.25) is 0 Å². The zero-order valence-corrected chi connectivity index (χ0v) is 13.0. The van der Waals surface area contributed by atoms with Gasteiger partial charge < -0.3 is 5.11 Å². The summed E-state index contributed by atoms with van der Waals surface area (Å²) in [5.74, 6) is -36.8. The summed E-state index contributed by atoms with van der Waals surface area (Å²) in [6, 6.07) is 0. The van der Waals surface area contributed by atoms with Crippen LogP contribution in [0.4, 0.5) is 57.1 Å². The van der Waals surface area contributed by atoms with Crippen molar-refractivity contribution in [1.29, 1.82) is 0 Å². The molecule has 1 atom stereocenters. The van der Waals surface area contributed by atoms with Crippen molar-refractivity contribution in [3.8, 4) is 0 Å². The molecule has 0 bridgehead atoms. The van der Waals surface area contributed by atoms with Gasteiger partial charge in [-0.2, -0.15) is 57.1 Å². The molecule has 0 rings (SSSR count). The maximum Gasteiger partial charge on any atom is 0.460 e. The van der Waals surface area contributed by atoms with Crippen molar-refractivity contribution < 1.29 is 62.2 Å². The van der Waals surface area contributed by atoms with Gasteiger partial charge >= 0.3 is 35.8 Å². The molecule has 1 N–H and O–H groups in total. The van der Waals surface area contributed by atoms with E-state index in [4.69, 9.17) is 0 Å². The van der Waals surface area contributed by atoms with E-state index < -0.39 is 54.2 Å². The third kappa shape index (κ3) is 3.84. The van der Waals surface area contributed by atoms with Gasteiger partial charge in [0, 0.05) is 6.42 Å². The maximum atomic E-state index is 13.4. The Labute approximate surface area is 138 Å². The van der Waals surface area contributed by atoms with Gasteiger partial charge in [-0.25, -0.2) is 0 Å². The minimum Gasteiger partial charge on any atom is -0.390 e. The highest BCUT2D eigenvalue weighted by molar-refractivity contribution is 5.10. The normalized spacial score (nSPS) is 18.0. The highest BCUT2D eigenvalue weighted by Crippen LogP contribution is 2.60. The Morgan fingerprint density at radius 2 is 0.923 bits per heavy atom. The number of aliphatic hydroxyl groups is 1. The predicted octanol–water partition coefficient (Wildman–Crippen LogP) is 5.67. The molecule has 0 aromatic carbocycles. The SMILES string of the molecule is CCC(C)(O)CCC(F)(F)C(F)(F)C(F)(F)C(F)(F)C(F)(F)C(F)(F)F. The third-order valence-corrected chi connectivity index (χ3v) is 3.74. The Kier molecular flexibility index (Phi) is 6.34. The van der Waals surface area contributed by atoms with E-state index in [2.05, 4.69) is 0 Å². The number of rotatable bonds is 8. The molecular formula is C12H13F13O. The van der Waals surface area contributed by atoms with Crippen LogP contribution >= 0.6 is 0 Å². The van der Waals surface area contributed by atoms with Gasteiger partial charge in [-0.3, -0.25) is 0 Å². The van der Waals surface area contributed by atoms with Crippen LogP contribution in [-0.2, 0) is 0 Å². The quantitative estimate of drug-likeness (QED) is 0.502. The molecule has 0 fully saturated rings. The van der Waals surface area contributed by atoms with E-state index >= 15 is 0 Å². The van der Waals surface area contributed by atoms with Crippen LogP contribution in [-0.4, -0.2) is 46.5 Å². The summed E-state index contributed by atoms with van der Waals surface area (Å²) < 4.78 is 166. The molecule has 0 spiro atoms. The number of alkyl halides is 13. The lowest BCUT2D eigenvalue weighted by Crippen LogP contribution is -2.70. The molecule has 0 saturated heterocycles.